The zero-order valence-electron chi connectivity index (χ0n) is 34.0. The Labute approximate surface area is 360 Å². The minimum atomic E-state index is 0.169. The van der Waals surface area contributed by atoms with E-state index in [1.165, 1.54) is 96.3 Å². The Hall–Kier alpha value is -6.42. The van der Waals surface area contributed by atoms with Gasteiger partial charge in [0.1, 0.15) is 0 Å². The van der Waals surface area contributed by atoms with Crippen LogP contribution in [0.5, 0.6) is 0 Å². The minimum absolute atomic E-state index is 0.169. The monoisotopic (exact) mass is 800 g/mol. The van der Waals surface area contributed by atoms with E-state index >= 15 is 0 Å². The van der Waals surface area contributed by atoms with Gasteiger partial charge in [0, 0.05) is 59.1 Å². The molecule has 0 unspecified atom stereocenters. The fourth-order valence-corrected chi connectivity index (χ4v) is 14.6. The van der Waals surface area contributed by atoms with Gasteiger partial charge in [0.2, 0.25) is 0 Å². The zero-order chi connectivity index (χ0) is 39.8. The largest absolute Gasteiger partial charge is 0.310 e. The van der Waals surface area contributed by atoms with E-state index in [2.05, 4.69) is 191 Å². The highest BCUT2D eigenvalue weighted by Gasteiger charge is 2.61. The van der Waals surface area contributed by atoms with Crippen molar-refractivity contribution < 1.29 is 0 Å². The van der Waals surface area contributed by atoms with Gasteiger partial charge in [-0.15, -0.1) is 11.3 Å². The molecule has 0 N–H and O–H groups in total. The first-order chi connectivity index (χ1) is 30.2. The standard InChI is InChI=1S/C58H44N2S/c1-5-15-51-50(13-1)57-45(14-9-16-52(57)58(51)39-31-36-30-37(33-39)34-40(58)32-36)38-20-22-41(23-21-38)59(44-28-29-49-48-12-4-8-19-55(48)61-56(49)35-44)42-24-26-43(27-25-42)60-53-17-6-2-10-46(53)47-11-3-7-18-54(47)60/h1-29,35-37,39-40H,30-34H2. The zero-order valence-corrected chi connectivity index (χ0v) is 34.8. The molecule has 4 saturated carbocycles. The summed E-state index contributed by atoms with van der Waals surface area (Å²) in [4.78, 5) is 2.44. The van der Waals surface area contributed by atoms with Crippen LogP contribution in [0.25, 0.3) is 69.9 Å². The Morgan fingerprint density at radius 2 is 1.00 bits per heavy atom. The number of para-hydroxylation sites is 2. The summed E-state index contributed by atoms with van der Waals surface area (Å²) in [5.74, 6) is 3.40. The summed E-state index contributed by atoms with van der Waals surface area (Å²) in [6.07, 6.45) is 7.10. The number of anilines is 3. The van der Waals surface area contributed by atoms with Crippen molar-refractivity contribution in [1.29, 1.82) is 0 Å². The number of rotatable bonds is 5. The van der Waals surface area contributed by atoms with Crippen molar-refractivity contribution in [3.63, 3.8) is 0 Å². The van der Waals surface area contributed by atoms with Crippen LogP contribution in [-0.4, -0.2) is 4.57 Å². The maximum Gasteiger partial charge on any atom is 0.0541 e. The quantitative estimate of drug-likeness (QED) is 0.168. The highest BCUT2D eigenvalue weighted by molar-refractivity contribution is 7.25. The molecule has 15 rings (SSSR count). The third-order valence-corrected chi connectivity index (χ3v) is 16.7. The Kier molecular flexibility index (Phi) is 7.20. The average Bonchev–Trinajstić information content (AvgIpc) is 3.95. The SMILES string of the molecule is c1ccc2c(c1)-c1c(-c3ccc(N(c4ccc(-n5c6ccccc6c6ccccc65)cc4)c4ccc5c(c4)sc4ccccc45)cc3)cccc1C21C2CC3CC(C2)CC1C3. The first kappa shape index (κ1) is 34.3. The smallest absolute Gasteiger partial charge is 0.0541 e. The Morgan fingerprint density at radius 3 is 1.72 bits per heavy atom. The number of thiophene rings is 1. The molecule has 2 aromatic heterocycles. The number of benzene rings is 8. The molecule has 0 atom stereocenters. The van der Waals surface area contributed by atoms with E-state index in [0.29, 0.717) is 0 Å². The lowest BCUT2D eigenvalue weighted by Crippen LogP contribution is -2.55. The van der Waals surface area contributed by atoms with Crippen LogP contribution >= 0.6 is 11.3 Å². The lowest BCUT2D eigenvalue weighted by Gasteiger charge is -2.61. The van der Waals surface area contributed by atoms with Crippen molar-refractivity contribution in [3.05, 3.63) is 193 Å². The lowest BCUT2D eigenvalue weighted by molar-refractivity contribution is -0.0399. The van der Waals surface area contributed by atoms with E-state index in [1.807, 2.05) is 11.3 Å². The maximum absolute atomic E-state index is 2.52. The van der Waals surface area contributed by atoms with Crippen LogP contribution in [0.1, 0.15) is 43.2 Å². The van der Waals surface area contributed by atoms with E-state index in [4.69, 9.17) is 0 Å². The van der Waals surface area contributed by atoms with Crippen molar-refractivity contribution in [2.45, 2.75) is 37.5 Å². The van der Waals surface area contributed by atoms with E-state index < -0.39 is 0 Å². The maximum atomic E-state index is 2.52. The van der Waals surface area contributed by atoms with Gasteiger partial charge in [0.05, 0.1) is 11.0 Å². The molecule has 0 aliphatic heterocycles. The van der Waals surface area contributed by atoms with Gasteiger partial charge in [-0.2, -0.15) is 0 Å². The average molecular weight is 801 g/mol. The predicted molar refractivity (Wildman–Crippen MR) is 257 cm³/mol. The Balaban J connectivity index is 0.899. The second-order valence-corrected chi connectivity index (χ2v) is 19.6. The molecule has 5 aliphatic rings. The second-order valence-electron chi connectivity index (χ2n) is 18.5. The molecule has 5 aliphatic carbocycles. The molecule has 2 nitrogen and oxygen atoms in total. The first-order valence-corrected chi connectivity index (χ1v) is 23.2. The summed E-state index contributed by atoms with van der Waals surface area (Å²) in [7, 11) is 0. The van der Waals surface area contributed by atoms with Gasteiger partial charge in [-0.25, -0.2) is 0 Å². The molecular weight excluding hydrogens is 757 g/mol. The van der Waals surface area contributed by atoms with Crippen LogP contribution in [0.4, 0.5) is 17.1 Å². The first-order valence-electron chi connectivity index (χ1n) is 22.3. The molecule has 3 heteroatoms. The number of hydrogen-bond acceptors (Lipinski definition) is 2. The highest BCUT2D eigenvalue weighted by atomic mass is 32.1. The summed E-state index contributed by atoms with van der Waals surface area (Å²) in [5.41, 5.74) is 16.1. The number of aromatic nitrogens is 1. The van der Waals surface area contributed by atoms with Crippen molar-refractivity contribution in [3.8, 4) is 27.9 Å². The third kappa shape index (κ3) is 4.79. The predicted octanol–water partition coefficient (Wildman–Crippen LogP) is 16.0. The van der Waals surface area contributed by atoms with Crippen molar-refractivity contribution in [2.24, 2.45) is 23.7 Å². The summed E-state index contributed by atoms with van der Waals surface area (Å²) >= 11 is 1.88. The summed E-state index contributed by atoms with van der Waals surface area (Å²) < 4.78 is 5.04. The normalized spacial score (nSPS) is 22.2. The molecule has 2 heterocycles. The van der Waals surface area contributed by atoms with Gasteiger partial charge in [-0.1, -0.05) is 115 Å². The topological polar surface area (TPSA) is 8.17 Å². The molecule has 0 radical (unpaired) electrons. The molecule has 292 valence electrons. The molecule has 4 bridgehead atoms. The van der Waals surface area contributed by atoms with E-state index in [-0.39, 0.29) is 5.41 Å². The van der Waals surface area contributed by atoms with Crippen LogP contribution in [0.15, 0.2) is 182 Å². The van der Waals surface area contributed by atoms with E-state index in [9.17, 15) is 0 Å². The number of fused-ring (bicyclic) bond motifs is 9. The van der Waals surface area contributed by atoms with Gasteiger partial charge < -0.3 is 9.47 Å². The van der Waals surface area contributed by atoms with Gasteiger partial charge in [-0.05, 0) is 156 Å². The molecule has 61 heavy (non-hydrogen) atoms. The van der Waals surface area contributed by atoms with Crippen LogP contribution in [0, 0.1) is 23.7 Å². The molecule has 0 amide bonds. The fourth-order valence-electron chi connectivity index (χ4n) is 13.5. The molecular formula is C58H44N2S. The summed E-state index contributed by atoms with van der Waals surface area (Å²) in [6, 6.07) is 68.8. The Bertz CT molecular complexity index is 3300. The Morgan fingerprint density at radius 1 is 0.443 bits per heavy atom. The van der Waals surface area contributed by atoms with Crippen LogP contribution in [0.3, 0.4) is 0 Å². The minimum Gasteiger partial charge on any atom is -0.310 e. The van der Waals surface area contributed by atoms with Crippen LogP contribution in [0.2, 0.25) is 0 Å². The van der Waals surface area contributed by atoms with Gasteiger partial charge in [0.15, 0.2) is 0 Å². The fraction of sp³-hybridized carbons (Fsp3) is 0.172. The van der Waals surface area contributed by atoms with Crippen molar-refractivity contribution in [1.82, 2.24) is 4.57 Å². The van der Waals surface area contributed by atoms with E-state index in [1.54, 1.807) is 11.1 Å². The van der Waals surface area contributed by atoms with Crippen molar-refractivity contribution >= 4 is 70.4 Å². The molecule has 0 saturated heterocycles. The summed E-state index contributed by atoms with van der Waals surface area (Å²) in [5, 5.41) is 5.20. The highest BCUT2D eigenvalue weighted by Crippen LogP contribution is 2.70. The van der Waals surface area contributed by atoms with Crippen LogP contribution < -0.4 is 4.90 Å². The van der Waals surface area contributed by atoms with Crippen molar-refractivity contribution in [2.75, 3.05) is 4.90 Å². The van der Waals surface area contributed by atoms with Gasteiger partial charge in [0.25, 0.3) is 0 Å². The lowest BCUT2D eigenvalue weighted by atomic mass is 9.43. The van der Waals surface area contributed by atoms with Crippen LogP contribution in [-0.2, 0) is 5.41 Å². The molecule has 1 spiro atoms. The second kappa shape index (κ2) is 12.8. The summed E-state index contributed by atoms with van der Waals surface area (Å²) in [6.45, 7) is 0. The molecule has 4 fully saturated rings. The third-order valence-electron chi connectivity index (χ3n) is 15.6. The molecule has 10 aromatic rings. The van der Waals surface area contributed by atoms with Gasteiger partial charge in [-0.3, -0.25) is 0 Å². The number of nitrogens with zero attached hydrogens (tertiary/aromatic N) is 2. The van der Waals surface area contributed by atoms with E-state index in [0.717, 1.165) is 46.4 Å². The number of hydrogen-bond donors (Lipinski definition) is 0. The van der Waals surface area contributed by atoms with Gasteiger partial charge >= 0.3 is 0 Å². The molecule has 8 aromatic carbocycles.